The molecular formula is C17H26N2O. The van der Waals surface area contributed by atoms with Crippen LogP contribution in [-0.4, -0.2) is 32.3 Å². The van der Waals surface area contributed by atoms with Crippen LogP contribution in [0, 0.1) is 0 Å². The maximum absolute atomic E-state index is 6.36. The van der Waals surface area contributed by atoms with Gasteiger partial charge in [0.2, 0.25) is 0 Å². The molecule has 0 radical (unpaired) electrons. The number of anilines is 1. The van der Waals surface area contributed by atoms with Crippen molar-refractivity contribution in [1.82, 2.24) is 5.32 Å². The lowest BCUT2D eigenvalue weighted by Gasteiger charge is -2.31. The van der Waals surface area contributed by atoms with Crippen molar-refractivity contribution < 1.29 is 4.74 Å². The zero-order valence-corrected chi connectivity index (χ0v) is 12.3. The van der Waals surface area contributed by atoms with Gasteiger partial charge in [0, 0.05) is 26.2 Å². The van der Waals surface area contributed by atoms with Crippen molar-refractivity contribution in [3.63, 3.8) is 0 Å². The predicted molar refractivity (Wildman–Crippen MR) is 83.6 cm³/mol. The van der Waals surface area contributed by atoms with Crippen LogP contribution < -0.4 is 15.0 Å². The van der Waals surface area contributed by atoms with Crippen LogP contribution in [0.15, 0.2) is 24.3 Å². The Morgan fingerprint density at radius 1 is 0.950 bits per heavy atom. The van der Waals surface area contributed by atoms with Gasteiger partial charge in [-0.25, -0.2) is 0 Å². The number of rotatable bonds is 3. The Hall–Kier alpha value is -1.22. The number of nitrogens with one attached hydrogen (secondary N) is 1. The molecule has 110 valence electrons. The molecule has 2 aliphatic rings. The normalized spacial score (nSPS) is 21.5. The van der Waals surface area contributed by atoms with E-state index in [-0.39, 0.29) is 0 Å². The summed E-state index contributed by atoms with van der Waals surface area (Å²) in [5.41, 5.74) is 1.28. The Morgan fingerprint density at radius 2 is 1.65 bits per heavy atom. The Labute approximate surface area is 122 Å². The lowest BCUT2D eigenvalue weighted by atomic mass is 10.1. The van der Waals surface area contributed by atoms with E-state index in [0.717, 1.165) is 31.9 Å². The van der Waals surface area contributed by atoms with Crippen LogP contribution in [0.25, 0.3) is 0 Å². The smallest absolute Gasteiger partial charge is 0.143 e. The second-order valence-corrected chi connectivity index (χ2v) is 5.94. The van der Waals surface area contributed by atoms with Gasteiger partial charge in [0.1, 0.15) is 5.75 Å². The monoisotopic (exact) mass is 274 g/mol. The average Bonchev–Trinajstić information content (AvgIpc) is 2.77. The van der Waals surface area contributed by atoms with E-state index in [0.29, 0.717) is 6.10 Å². The van der Waals surface area contributed by atoms with Crippen molar-refractivity contribution in [1.29, 1.82) is 0 Å². The van der Waals surface area contributed by atoms with Crippen molar-refractivity contribution in [2.24, 2.45) is 0 Å². The van der Waals surface area contributed by atoms with Crippen LogP contribution in [0.1, 0.15) is 38.5 Å². The molecule has 3 nitrogen and oxygen atoms in total. The molecule has 2 fully saturated rings. The molecule has 0 unspecified atom stereocenters. The molecule has 1 saturated heterocycles. The number of hydrogen-bond acceptors (Lipinski definition) is 3. The second-order valence-electron chi connectivity index (χ2n) is 5.94. The molecule has 20 heavy (non-hydrogen) atoms. The van der Waals surface area contributed by atoms with Gasteiger partial charge in [-0.15, -0.1) is 0 Å². The first kappa shape index (κ1) is 13.7. The summed E-state index contributed by atoms with van der Waals surface area (Å²) in [6.07, 6.45) is 8.24. The summed E-state index contributed by atoms with van der Waals surface area (Å²) in [7, 11) is 0. The van der Waals surface area contributed by atoms with E-state index < -0.39 is 0 Å². The lowest BCUT2D eigenvalue weighted by Crippen LogP contribution is -2.43. The maximum Gasteiger partial charge on any atom is 0.143 e. The van der Waals surface area contributed by atoms with Gasteiger partial charge in [-0.05, 0) is 37.8 Å². The molecule has 0 atom stereocenters. The molecule has 1 aromatic carbocycles. The van der Waals surface area contributed by atoms with E-state index in [1.165, 1.54) is 44.2 Å². The first-order valence-corrected chi connectivity index (χ1v) is 8.15. The highest BCUT2D eigenvalue weighted by Gasteiger charge is 2.18. The summed E-state index contributed by atoms with van der Waals surface area (Å²) in [6, 6.07) is 8.56. The molecule has 0 aromatic heterocycles. The minimum absolute atomic E-state index is 0.418. The molecule has 1 N–H and O–H groups in total. The minimum Gasteiger partial charge on any atom is -0.488 e. The largest absolute Gasteiger partial charge is 0.488 e. The molecule has 0 amide bonds. The Morgan fingerprint density at radius 3 is 2.40 bits per heavy atom. The summed E-state index contributed by atoms with van der Waals surface area (Å²) in [5, 5.41) is 3.41. The zero-order valence-electron chi connectivity index (χ0n) is 12.3. The van der Waals surface area contributed by atoms with E-state index in [9.17, 15) is 0 Å². The molecule has 0 spiro atoms. The van der Waals surface area contributed by atoms with E-state index >= 15 is 0 Å². The predicted octanol–water partition coefficient (Wildman–Crippen LogP) is 3.20. The molecule has 3 rings (SSSR count). The standard InChI is InChI=1S/C17H26N2O/c1-2-4-8-15(7-3-1)20-17-10-6-5-9-16(17)19-13-11-18-12-14-19/h5-6,9-10,15,18H,1-4,7-8,11-14H2. The highest BCUT2D eigenvalue weighted by atomic mass is 16.5. The first-order chi connectivity index (χ1) is 9.93. The van der Waals surface area contributed by atoms with Gasteiger partial charge in [-0.2, -0.15) is 0 Å². The topological polar surface area (TPSA) is 24.5 Å². The summed E-state index contributed by atoms with van der Waals surface area (Å²) in [4.78, 5) is 2.45. The number of para-hydroxylation sites is 2. The quantitative estimate of drug-likeness (QED) is 0.857. The van der Waals surface area contributed by atoms with Crippen LogP contribution >= 0.6 is 0 Å². The van der Waals surface area contributed by atoms with Crippen LogP contribution in [0.2, 0.25) is 0 Å². The molecule has 1 aliphatic heterocycles. The average molecular weight is 274 g/mol. The molecule has 0 bridgehead atoms. The van der Waals surface area contributed by atoms with Gasteiger partial charge in [-0.3, -0.25) is 0 Å². The van der Waals surface area contributed by atoms with Gasteiger partial charge in [0.15, 0.2) is 0 Å². The first-order valence-electron chi connectivity index (χ1n) is 8.15. The number of nitrogens with zero attached hydrogens (tertiary/aromatic N) is 1. The summed E-state index contributed by atoms with van der Waals surface area (Å²) >= 11 is 0. The number of piperazine rings is 1. The SMILES string of the molecule is c1ccc(N2CCNCC2)c(OC2CCCCCC2)c1. The lowest BCUT2D eigenvalue weighted by molar-refractivity contribution is 0.184. The molecule has 3 heteroatoms. The number of ether oxygens (including phenoxy) is 1. The molecule has 1 aromatic rings. The maximum atomic E-state index is 6.36. The van der Waals surface area contributed by atoms with Crippen molar-refractivity contribution >= 4 is 5.69 Å². The molecule has 1 heterocycles. The van der Waals surface area contributed by atoms with Crippen LogP contribution in [0.5, 0.6) is 5.75 Å². The third-order valence-corrected chi connectivity index (χ3v) is 4.42. The third kappa shape index (κ3) is 3.45. The second kappa shape index (κ2) is 6.98. The molecular weight excluding hydrogens is 248 g/mol. The molecule has 1 saturated carbocycles. The number of hydrogen-bond donors (Lipinski definition) is 1. The van der Waals surface area contributed by atoms with Gasteiger partial charge in [0.05, 0.1) is 11.8 Å². The fourth-order valence-corrected chi connectivity index (χ4v) is 3.26. The Balaban J connectivity index is 1.71. The van der Waals surface area contributed by atoms with Crippen LogP contribution in [-0.2, 0) is 0 Å². The van der Waals surface area contributed by atoms with E-state index in [4.69, 9.17) is 4.74 Å². The van der Waals surface area contributed by atoms with Gasteiger partial charge >= 0.3 is 0 Å². The third-order valence-electron chi connectivity index (χ3n) is 4.42. The number of benzene rings is 1. The van der Waals surface area contributed by atoms with Crippen LogP contribution in [0.4, 0.5) is 5.69 Å². The van der Waals surface area contributed by atoms with E-state index in [2.05, 4.69) is 34.5 Å². The van der Waals surface area contributed by atoms with Crippen molar-refractivity contribution in [3.05, 3.63) is 24.3 Å². The van der Waals surface area contributed by atoms with Gasteiger partial charge in [0.25, 0.3) is 0 Å². The summed E-state index contributed by atoms with van der Waals surface area (Å²) in [5.74, 6) is 1.08. The fraction of sp³-hybridized carbons (Fsp3) is 0.647. The Bertz CT molecular complexity index is 407. The minimum atomic E-state index is 0.418. The summed E-state index contributed by atoms with van der Waals surface area (Å²) < 4.78 is 6.36. The molecule has 1 aliphatic carbocycles. The fourth-order valence-electron chi connectivity index (χ4n) is 3.26. The highest BCUT2D eigenvalue weighted by Crippen LogP contribution is 2.31. The van der Waals surface area contributed by atoms with Crippen molar-refractivity contribution in [3.8, 4) is 5.75 Å². The van der Waals surface area contributed by atoms with Crippen molar-refractivity contribution in [2.45, 2.75) is 44.6 Å². The zero-order chi connectivity index (χ0) is 13.6. The Kier molecular flexibility index (Phi) is 4.80. The van der Waals surface area contributed by atoms with Gasteiger partial charge in [-0.1, -0.05) is 25.0 Å². The van der Waals surface area contributed by atoms with E-state index in [1.54, 1.807) is 0 Å². The summed E-state index contributed by atoms with van der Waals surface area (Å²) in [6.45, 7) is 4.28. The van der Waals surface area contributed by atoms with E-state index in [1.807, 2.05) is 0 Å². The van der Waals surface area contributed by atoms with Gasteiger partial charge < -0.3 is 15.0 Å². The highest BCUT2D eigenvalue weighted by molar-refractivity contribution is 5.58. The van der Waals surface area contributed by atoms with Crippen LogP contribution in [0.3, 0.4) is 0 Å². The van der Waals surface area contributed by atoms with Crippen molar-refractivity contribution in [2.75, 3.05) is 31.1 Å².